The lowest BCUT2D eigenvalue weighted by atomic mass is 10.1. The molecule has 0 spiro atoms. The molecule has 2 unspecified atom stereocenters. The standard InChI is InChI=1S/C12H19N3O/c1-3-15-9-11(8-14-15)7-13-10(2)12-5-4-6-16-12/h3,8-10,12-13H,1,4-7H2,2H3. The molecule has 2 heterocycles. The van der Waals surface area contributed by atoms with Gasteiger partial charge in [-0.15, -0.1) is 0 Å². The number of aromatic nitrogens is 2. The molecule has 1 saturated heterocycles. The molecule has 4 nitrogen and oxygen atoms in total. The van der Waals surface area contributed by atoms with Crippen molar-refractivity contribution in [2.24, 2.45) is 0 Å². The Hall–Kier alpha value is -1.13. The zero-order chi connectivity index (χ0) is 11.4. The Bertz CT molecular complexity index is 342. The van der Waals surface area contributed by atoms with E-state index in [1.165, 1.54) is 18.4 Å². The van der Waals surface area contributed by atoms with Gasteiger partial charge in [-0.1, -0.05) is 6.58 Å². The van der Waals surface area contributed by atoms with E-state index >= 15 is 0 Å². The van der Waals surface area contributed by atoms with Crippen LogP contribution >= 0.6 is 0 Å². The summed E-state index contributed by atoms with van der Waals surface area (Å²) >= 11 is 0. The number of nitrogens with zero attached hydrogens (tertiary/aromatic N) is 2. The van der Waals surface area contributed by atoms with Gasteiger partial charge in [-0.25, -0.2) is 4.68 Å². The monoisotopic (exact) mass is 221 g/mol. The molecule has 16 heavy (non-hydrogen) atoms. The molecule has 1 N–H and O–H groups in total. The second-order valence-corrected chi connectivity index (χ2v) is 4.23. The molecule has 0 aliphatic carbocycles. The molecule has 88 valence electrons. The molecule has 2 rings (SSSR count). The molecule has 1 aliphatic rings. The van der Waals surface area contributed by atoms with Gasteiger partial charge in [0.15, 0.2) is 0 Å². The summed E-state index contributed by atoms with van der Waals surface area (Å²) in [5.74, 6) is 0. The fourth-order valence-corrected chi connectivity index (χ4v) is 1.98. The lowest BCUT2D eigenvalue weighted by molar-refractivity contribution is 0.0832. The quantitative estimate of drug-likeness (QED) is 0.821. The molecule has 0 bridgehead atoms. The highest BCUT2D eigenvalue weighted by atomic mass is 16.5. The van der Waals surface area contributed by atoms with Gasteiger partial charge in [0.1, 0.15) is 0 Å². The van der Waals surface area contributed by atoms with Crippen LogP contribution in [0, 0.1) is 0 Å². The van der Waals surface area contributed by atoms with Crippen LogP contribution in [0.4, 0.5) is 0 Å². The summed E-state index contributed by atoms with van der Waals surface area (Å²) in [7, 11) is 0. The second kappa shape index (κ2) is 5.27. The van der Waals surface area contributed by atoms with E-state index in [0.29, 0.717) is 12.1 Å². The molecule has 0 amide bonds. The van der Waals surface area contributed by atoms with Crippen LogP contribution in [0.2, 0.25) is 0 Å². The summed E-state index contributed by atoms with van der Waals surface area (Å²) in [5.41, 5.74) is 1.17. The van der Waals surface area contributed by atoms with Crippen molar-refractivity contribution in [2.45, 2.75) is 38.5 Å². The van der Waals surface area contributed by atoms with E-state index in [1.807, 2.05) is 12.4 Å². The van der Waals surface area contributed by atoms with Crippen molar-refractivity contribution in [1.29, 1.82) is 0 Å². The fraction of sp³-hybridized carbons (Fsp3) is 0.583. The Labute approximate surface area is 96.3 Å². The summed E-state index contributed by atoms with van der Waals surface area (Å²) in [4.78, 5) is 0. The summed E-state index contributed by atoms with van der Waals surface area (Å²) < 4.78 is 7.35. The van der Waals surface area contributed by atoms with Crippen molar-refractivity contribution in [3.05, 3.63) is 24.5 Å². The molecule has 0 radical (unpaired) electrons. The van der Waals surface area contributed by atoms with Crippen molar-refractivity contribution >= 4 is 6.20 Å². The van der Waals surface area contributed by atoms with Crippen LogP contribution in [0.5, 0.6) is 0 Å². The largest absolute Gasteiger partial charge is 0.377 e. The summed E-state index contributed by atoms with van der Waals surface area (Å²) in [6.45, 7) is 7.57. The number of nitrogens with one attached hydrogen (secondary N) is 1. The first-order valence-corrected chi connectivity index (χ1v) is 5.80. The van der Waals surface area contributed by atoms with Gasteiger partial charge in [0.25, 0.3) is 0 Å². The van der Waals surface area contributed by atoms with E-state index in [-0.39, 0.29) is 0 Å². The van der Waals surface area contributed by atoms with Crippen molar-refractivity contribution < 1.29 is 4.74 Å². The SMILES string of the molecule is C=Cn1cc(CNC(C)C2CCCO2)cn1. The highest BCUT2D eigenvalue weighted by Crippen LogP contribution is 2.15. The summed E-state index contributed by atoms with van der Waals surface area (Å²) in [6, 6.07) is 0.398. The minimum atomic E-state index is 0.370. The molecule has 4 heteroatoms. The first-order chi connectivity index (χ1) is 7.79. The molecule has 1 aromatic heterocycles. The maximum absolute atomic E-state index is 5.63. The molecule has 0 saturated carbocycles. The smallest absolute Gasteiger partial charge is 0.0726 e. The van der Waals surface area contributed by atoms with Crippen molar-refractivity contribution in [3.63, 3.8) is 0 Å². The maximum Gasteiger partial charge on any atom is 0.0726 e. The fourth-order valence-electron chi connectivity index (χ4n) is 1.98. The van der Waals surface area contributed by atoms with Gasteiger partial charge >= 0.3 is 0 Å². The van der Waals surface area contributed by atoms with Gasteiger partial charge < -0.3 is 10.1 Å². The average Bonchev–Trinajstić information content (AvgIpc) is 2.96. The normalized spacial score (nSPS) is 22.2. The van der Waals surface area contributed by atoms with Gasteiger partial charge in [-0.3, -0.25) is 0 Å². The van der Waals surface area contributed by atoms with Gasteiger partial charge in [0, 0.05) is 37.2 Å². The van der Waals surface area contributed by atoms with Crippen LogP contribution in [0.25, 0.3) is 6.20 Å². The second-order valence-electron chi connectivity index (χ2n) is 4.23. The van der Waals surface area contributed by atoms with Gasteiger partial charge in [0.05, 0.1) is 12.3 Å². The predicted octanol–water partition coefficient (Wildman–Crippen LogP) is 1.64. The molecule has 1 aliphatic heterocycles. The zero-order valence-electron chi connectivity index (χ0n) is 9.72. The molecular weight excluding hydrogens is 202 g/mol. The van der Waals surface area contributed by atoms with Crippen molar-refractivity contribution in [1.82, 2.24) is 15.1 Å². The molecule has 0 aromatic carbocycles. The van der Waals surface area contributed by atoms with E-state index < -0.39 is 0 Å². The molecule has 2 atom stereocenters. The Morgan fingerprint density at radius 3 is 3.31 bits per heavy atom. The minimum Gasteiger partial charge on any atom is -0.377 e. The van der Waals surface area contributed by atoms with Gasteiger partial charge in [-0.2, -0.15) is 5.10 Å². The van der Waals surface area contributed by atoms with E-state index in [9.17, 15) is 0 Å². The third-order valence-electron chi connectivity index (χ3n) is 2.99. The van der Waals surface area contributed by atoms with Crippen LogP contribution in [0.1, 0.15) is 25.3 Å². The lowest BCUT2D eigenvalue weighted by Crippen LogP contribution is -2.36. The molecule has 1 fully saturated rings. The van der Waals surface area contributed by atoms with E-state index in [0.717, 1.165) is 13.2 Å². The number of hydrogen-bond acceptors (Lipinski definition) is 3. The van der Waals surface area contributed by atoms with Crippen molar-refractivity contribution in [2.75, 3.05) is 6.61 Å². The van der Waals surface area contributed by atoms with E-state index in [4.69, 9.17) is 4.74 Å². The van der Waals surface area contributed by atoms with Gasteiger partial charge in [0.2, 0.25) is 0 Å². The highest BCUT2D eigenvalue weighted by Gasteiger charge is 2.21. The average molecular weight is 221 g/mol. The Kier molecular flexibility index (Phi) is 3.74. The van der Waals surface area contributed by atoms with Gasteiger partial charge in [-0.05, 0) is 19.8 Å². The first-order valence-electron chi connectivity index (χ1n) is 5.80. The van der Waals surface area contributed by atoms with Crippen molar-refractivity contribution in [3.8, 4) is 0 Å². The molecular formula is C12H19N3O. The Morgan fingerprint density at radius 2 is 2.69 bits per heavy atom. The van der Waals surface area contributed by atoms with Crippen LogP contribution in [-0.4, -0.2) is 28.5 Å². The third kappa shape index (κ3) is 2.71. The molecule has 1 aromatic rings. The number of hydrogen-bond donors (Lipinski definition) is 1. The zero-order valence-corrected chi connectivity index (χ0v) is 9.72. The van der Waals surface area contributed by atoms with Crippen LogP contribution < -0.4 is 5.32 Å². The van der Waals surface area contributed by atoms with Crippen LogP contribution in [0.15, 0.2) is 19.0 Å². The lowest BCUT2D eigenvalue weighted by Gasteiger charge is -2.19. The van der Waals surface area contributed by atoms with E-state index in [1.54, 1.807) is 10.9 Å². The third-order valence-corrected chi connectivity index (χ3v) is 2.99. The van der Waals surface area contributed by atoms with E-state index in [2.05, 4.69) is 23.9 Å². The number of ether oxygens (including phenoxy) is 1. The van der Waals surface area contributed by atoms with Crippen LogP contribution in [-0.2, 0) is 11.3 Å². The Morgan fingerprint density at radius 1 is 1.81 bits per heavy atom. The summed E-state index contributed by atoms with van der Waals surface area (Å²) in [5, 5.41) is 7.60. The first kappa shape index (κ1) is 11.4. The topological polar surface area (TPSA) is 39.1 Å². The maximum atomic E-state index is 5.63. The van der Waals surface area contributed by atoms with Crippen LogP contribution in [0.3, 0.4) is 0 Å². The Balaban J connectivity index is 1.79. The summed E-state index contributed by atoms with van der Waals surface area (Å²) in [6.07, 6.45) is 8.24. The minimum absolute atomic E-state index is 0.370. The number of rotatable bonds is 5. The predicted molar refractivity (Wildman–Crippen MR) is 63.9 cm³/mol. The highest BCUT2D eigenvalue weighted by molar-refractivity contribution is 5.17.